The maximum absolute atomic E-state index is 12.2. The Morgan fingerprint density at radius 1 is 1.05 bits per heavy atom. The van der Waals surface area contributed by atoms with Crippen molar-refractivity contribution in [3.8, 4) is 17.2 Å². The molecule has 0 N–H and O–H groups in total. The van der Waals surface area contributed by atoms with Crippen LogP contribution in [-0.2, 0) is 0 Å². The topological polar surface area (TPSA) is 44.8 Å². The Bertz CT molecular complexity index is 607. The third-order valence-electron chi connectivity index (χ3n) is 2.81. The van der Waals surface area contributed by atoms with E-state index in [0.717, 1.165) is 6.42 Å². The van der Waals surface area contributed by atoms with Gasteiger partial charge in [-0.3, -0.25) is 0 Å². The van der Waals surface area contributed by atoms with Gasteiger partial charge in [0.2, 0.25) is 0 Å². The monoisotopic (exact) mass is 286 g/mol. The van der Waals surface area contributed by atoms with Crippen molar-refractivity contribution in [2.75, 3.05) is 13.7 Å². The van der Waals surface area contributed by atoms with Crippen molar-refractivity contribution in [2.24, 2.45) is 0 Å². The second-order valence-electron chi connectivity index (χ2n) is 4.42. The second-order valence-corrected chi connectivity index (χ2v) is 4.42. The first kappa shape index (κ1) is 14.9. The van der Waals surface area contributed by atoms with E-state index in [9.17, 15) is 4.79 Å². The molecule has 0 aliphatic carbocycles. The van der Waals surface area contributed by atoms with E-state index in [1.807, 2.05) is 19.1 Å². The van der Waals surface area contributed by atoms with E-state index >= 15 is 0 Å². The predicted octanol–water partition coefficient (Wildman–Crippen LogP) is 3.70. The van der Waals surface area contributed by atoms with E-state index in [1.54, 1.807) is 36.4 Å². The summed E-state index contributed by atoms with van der Waals surface area (Å²) in [5.41, 5.74) is 0.439. The van der Waals surface area contributed by atoms with Crippen LogP contribution in [0, 0.1) is 0 Å². The van der Waals surface area contributed by atoms with Crippen LogP contribution in [0.3, 0.4) is 0 Å². The molecule has 2 rings (SSSR count). The number of rotatable bonds is 6. The van der Waals surface area contributed by atoms with Gasteiger partial charge in [0.05, 0.1) is 19.3 Å². The van der Waals surface area contributed by atoms with Gasteiger partial charge < -0.3 is 14.2 Å². The lowest BCUT2D eigenvalue weighted by molar-refractivity contribution is 0.0729. The van der Waals surface area contributed by atoms with Gasteiger partial charge in [-0.2, -0.15) is 0 Å². The van der Waals surface area contributed by atoms with Crippen molar-refractivity contribution < 1.29 is 19.0 Å². The highest BCUT2D eigenvalue weighted by Crippen LogP contribution is 2.27. The fourth-order valence-electron chi connectivity index (χ4n) is 1.79. The molecule has 2 aromatic carbocycles. The van der Waals surface area contributed by atoms with Gasteiger partial charge in [-0.05, 0) is 36.8 Å². The van der Waals surface area contributed by atoms with Crippen molar-refractivity contribution in [3.63, 3.8) is 0 Å². The molecule has 21 heavy (non-hydrogen) atoms. The van der Waals surface area contributed by atoms with Gasteiger partial charge in [-0.1, -0.05) is 25.1 Å². The summed E-state index contributed by atoms with van der Waals surface area (Å²) in [6, 6.07) is 14.0. The van der Waals surface area contributed by atoms with Crippen LogP contribution in [0.5, 0.6) is 17.2 Å². The lowest BCUT2D eigenvalue weighted by atomic mass is 10.2. The molecule has 0 aliphatic heterocycles. The van der Waals surface area contributed by atoms with E-state index in [-0.39, 0.29) is 0 Å². The maximum Gasteiger partial charge on any atom is 0.343 e. The molecule has 110 valence electrons. The number of carbonyl (C=O) groups is 1. The largest absolute Gasteiger partial charge is 0.494 e. The minimum atomic E-state index is -0.443. The summed E-state index contributed by atoms with van der Waals surface area (Å²) in [7, 11) is 1.53. The number of ether oxygens (including phenoxy) is 3. The highest BCUT2D eigenvalue weighted by atomic mass is 16.6. The van der Waals surface area contributed by atoms with E-state index in [0.29, 0.717) is 29.4 Å². The van der Waals surface area contributed by atoms with Gasteiger partial charge >= 0.3 is 5.97 Å². The normalized spacial score (nSPS) is 10.0. The summed E-state index contributed by atoms with van der Waals surface area (Å²) in [5, 5.41) is 0. The first-order valence-corrected chi connectivity index (χ1v) is 6.82. The third-order valence-corrected chi connectivity index (χ3v) is 2.81. The van der Waals surface area contributed by atoms with Crippen molar-refractivity contribution >= 4 is 5.97 Å². The van der Waals surface area contributed by atoms with Gasteiger partial charge in [-0.25, -0.2) is 4.79 Å². The minimum Gasteiger partial charge on any atom is -0.494 e. The molecule has 0 unspecified atom stereocenters. The number of esters is 1. The molecule has 4 heteroatoms. The zero-order chi connectivity index (χ0) is 15.1. The summed E-state index contributed by atoms with van der Waals surface area (Å²) in [4.78, 5) is 12.2. The summed E-state index contributed by atoms with van der Waals surface area (Å²) in [6.45, 7) is 2.64. The van der Waals surface area contributed by atoms with Crippen LogP contribution in [-0.4, -0.2) is 19.7 Å². The Hall–Kier alpha value is -2.49. The van der Waals surface area contributed by atoms with E-state index in [1.165, 1.54) is 7.11 Å². The van der Waals surface area contributed by atoms with Crippen LogP contribution in [0.4, 0.5) is 0 Å². The highest BCUT2D eigenvalue weighted by molar-refractivity contribution is 5.91. The molecular formula is C17H18O4. The van der Waals surface area contributed by atoms with Gasteiger partial charge in [0, 0.05) is 0 Å². The van der Waals surface area contributed by atoms with E-state index < -0.39 is 5.97 Å². The van der Waals surface area contributed by atoms with Crippen LogP contribution in [0.2, 0.25) is 0 Å². The maximum atomic E-state index is 12.2. The molecule has 0 spiro atoms. The molecule has 0 fully saturated rings. The molecule has 0 aromatic heterocycles. The Labute approximate surface area is 124 Å². The minimum absolute atomic E-state index is 0.393. The fourth-order valence-corrected chi connectivity index (χ4v) is 1.79. The average molecular weight is 286 g/mol. The lowest BCUT2D eigenvalue weighted by Crippen LogP contribution is -2.09. The molecule has 0 saturated heterocycles. The van der Waals surface area contributed by atoms with Crippen LogP contribution in [0.25, 0.3) is 0 Å². The van der Waals surface area contributed by atoms with Crippen molar-refractivity contribution in [1.29, 1.82) is 0 Å². The number of para-hydroxylation sites is 2. The Morgan fingerprint density at radius 2 is 1.81 bits per heavy atom. The molecule has 0 aliphatic rings. The number of methoxy groups -OCH3 is 1. The summed E-state index contributed by atoms with van der Waals surface area (Å²) >= 11 is 0. The summed E-state index contributed by atoms with van der Waals surface area (Å²) in [6.07, 6.45) is 0.913. The molecule has 0 saturated carbocycles. The first-order chi connectivity index (χ1) is 10.2. The molecule has 0 radical (unpaired) electrons. The summed E-state index contributed by atoms with van der Waals surface area (Å²) < 4.78 is 16.0. The van der Waals surface area contributed by atoms with Gasteiger partial charge in [-0.15, -0.1) is 0 Å². The number of hydrogen-bond donors (Lipinski definition) is 0. The quantitative estimate of drug-likeness (QED) is 0.600. The Morgan fingerprint density at radius 3 is 2.52 bits per heavy atom. The fraction of sp³-hybridized carbons (Fsp3) is 0.235. The van der Waals surface area contributed by atoms with Crippen LogP contribution in [0.15, 0.2) is 48.5 Å². The molecule has 0 amide bonds. The van der Waals surface area contributed by atoms with E-state index in [2.05, 4.69) is 0 Å². The molecule has 0 atom stereocenters. The molecule has 2 aromatic rings. The highest BCUT2D eigenvalue weighted by Gasteiger charge is 2.12. The first-order valence-electron chi connectivity index (χ1n) is 6.82. The Balaban J connectivity index is 2.13. The molecule has 0 bridgehead atoms. The van der Waals surface area contributed by atoms with Gasteiger partial charge in [0.1, 0.15) is 5.75 Å². The van der Waals surface area contributed by atoms with Crippen LogP contribution >= 0.6 is 0 Å². The lowest BCUT2D eigenvalue weighted by Gasteiger charge is -2.09. The second kappa shape index (κ2) is 7.33. The smallest absolute Gasteiger partial charge is 0.343 e. The molecule has 4 nitrogen and oxygen atoms in total. The third kappa shape index (κ3) is 3.99. The van der Waals surface area contributed by atoms with Crippen molar-refractivity contribution in [1.82, 2.24) is 0 Å². The number of benzene rings is 2. The van der Waals surface area contributed by atoms with Crippen LogP contribution in [0.1, 0.15) is 23.7 Å². The average Bonchev–Trinajstić information content (AvgIpc) is 2.53. The zero-order valence-corrected chi connectivity index (χ0v) is 12.2. The van der Waals surface area contributed by atoms with Crippen molar-refractivity contribution in [3.05, 3.63) is 54.1 Å². The van der Waals surface area contributed by atoms with Crippen LogP contribution < -0.4 is 14.2 Å². The number of carbonyl (C=O) groups excluding carboxylic acids is 1. The van der Waals surface area contributed by atoms with Gasteiger partial charge in [0.25, 0.3) is 0 Å². The molecular weight excluding hydrogens is 268 g/mol. The van der Waals surface area contributed by atoms with Gasteiger partial charge in [0.15, 0.2) is 11.5 Å². The zero-order valence-electron chi connectivity index (χ0n) is 12.2. The SMILES string of the molecule is CCCOc1cccc(C(=O)Oc2ccccc2OC)c1. The summed E-state index contributed by atoms with van der Waals surface area (Å²) in [5.74, 6) is 1.13. The predicted molar refractivity (Wildman–Crippen MR) is 80.2 cm³/mol. The number of hydrogen-bond acceptors (Lipinski definition) is 4. The van der Waals surface area contributed by atoms with E-state index in [4.69, 9.17) is 14.2 Å². The van der Waals surface area contributed by atoms with Crippen molar-refractivity contribution in [2.45, 2.75) is 13.3 Å². The molecule has 0 heterocycles. The Kier molecular flexibility index (Phi) is 5.21. The standard InChI is InChI=1S/C17H18O4/c1-3-11-20-14-8-6-7-13(12-14)17(18)21-16-10-5-4-9-15(16)19-2/h4-10,12H,3,11H2,1-2H3.